The number of amides is 1. The van der Waals surface area contributed by atoms with Crippen LogP contribution >= 0.6 is 11.8 Å². The average Bonchev–Trinajstić information content (AvgIpc) is 3.04. The predicted molar refractivity (Wildman–Crippen MR) is 116 cm³/mol. The summed E-state index contributed by atoms with van der Waals surface area (Å²) in [5.41, 5.74) is 2.72. The molecule has 4 rings (SSSR count). The van der Waals surface area contributed by atoms with Gasteiger partial charge in [-0.2, -0.15) is 0 Å². The summed E-state index contributed by atoms with van der Waals surface area (Å²) in [4.78, 5) is 28.8. The quantitative estimate of drug-likeness (QED) is 0.457. The fourth-order valence-electron chi connectivity index (χ4n) is 3.28. The van der Waals surface area contributed by atoms with Gasteiger partial charge in [-0.05, 0) is 24.6 Å². The molecule has 0 aliphatic carbocycles. The minimum Gasteiger partial charge on any atom is -0.478 e. The van der Waals surface area contributed by atoms with Crippen LogP contribution in [0.5, 0.6) is 0 Å². The third-order valence-electron chi connectivity index (χ3n) is 4.81. The van der Waals surface area contributed by atoms with Crippen molar-refractivity contribution in [3.8, 4) is 0 Å². The number of hydrogen-bond acceptors (Lipinski definition) is 6. The highest BCUT2D eigenvalue weighted by Crippen LogP contribution is 2.28. The van der Waals surface area contributed by atoms with Crippen molar-refractivity contribution in [3.63, 3.8) is 0 Å². The van der Waals surface area contributed by atoms with Crippen LogP contribution in [0.15, 0.2) is 53.7 Å². The summed E-state index contributed by atoms with van der Waals surface area (Å²) in [6.07, 6.45) is 0.516. The molecule has 0 aliphatic heterocycles. The van der Waals surface area contributed by atoms with Crippen molar-refractivity contribution in [2.45, 2.75) is 23.8 Å². The van der Waals surface area contributed by atoms with Crippen molar-refractivity contribution in [1.29, 1.82) is 0 Å². The summed E-state index contributed by atoms with van der Waals surface area (Å²) in [6.45, 7) is 1.88. The number of thioether (sulfide) groups is 1. The van der Waals surface area contributed by atoms with Crippen LogP contribution in [0.3, 0.4) is 0 Å². The van der Waals surface area contributed by atoms with Gasteiger partial charge in [0.2, 0.25) is 11.1 Å². The zero-order valence-electron chi connectivity index (χ0n) is 16.4. The molecule has 2 aromatic carbocycles. The average molecular weight is 421 g/mol. The smallest absolute Gasteiger partial charge is 0.337 e. The molecule has 9 heteroatoms. The Morgan fingerprint density at radius 2 is 1.87 bits per heavy atom. The Bertz CT molecular complexity index is 1270. The van der Waals surface area contributed by atoms with E-state index in [0.29, 0.717) is 22.7 Å². The summed E-state index contributed by atoms with van der Waals surface area (Å²) in [7, 11) is 1.92. The molecule has 1 unspecified atom stereocenters. The first-order chi connectivity index (χ1) is 14.5. The van der Waals surface area contributed by atoms with Crippen molar-refractivity contribution in [2.24, 2.45) is 7.05 Å². The Hall–Kier alpha value is -3.46. The molecule has 0 saturated heterocycles. The molecule has 0 spiro atoms. The molecule has 2 N–H and O–H groups in total. The predicted octanol–water partition coefficient (Wildman–Crippen LogP) is 3.72. The van der Waals surface area contributed by atoms with Gasteiger partial charge in [0.05, 0.1) is 22.0 Å². The Morgan fingerprint density at radius 3 is 2.63 bits per heavy atom. The zero-order valence-corrected chi connectivity index (χ0v) is 17.2. The largest absolute Gasteiger partial charge is 0.478 e. The Kier molecular flexibility index (Phi) is 5.37. The second-order valence-electron chi connectivity index (χ2n) is 6.70. The SMILES string of the molecule is CCC(Sc1nnc2c3ccccc3n(C)c2n1)C(=O)Nc1ccccc1C(=O)O. The first-order valence-corrected chi connectivity index (χ1v) is 10.2. The number of carboxylic acids is 1. The van der Waals surface area contributed by atoms with Crippen LogP contribution in [-0.2, 0) is 11.8 Å². The molecule has 0 aliphatic rings. The molecule has 2 aromatic heterocycles. The number of anilines is 1. The van der Waals surface area contributed by atoms with Gasteiger partial charge in [0, 0.05) is 12.4 Å². The number of carboxylic acid groups (broad SMARTS) is 1. The third kappa shape index (κ3) is 3.59. The molecule has 0 radical (unpaired) electrons. The van der Waals surface area contributed by atoms with Crippen LogP contribution in [0.25, 0.3) is 22.1 Å². The van der Waals surface area contributed by atoms with E-state index in [-0.39, 0.29) is 17.2 Å². The number of carbonyl (C=O) groups excluding carboxylic acids is 1. The Labute approximate surface area is 176 Å². The standard InChI is InChI=1S/C21H19N5O3S/c1-3-16(19(27)22-14-10-6-4-8-12(14)20(28)29)30-21-23-18-17(24-25-21)13-9-5-7-11-15(13)26(18)2/h4-11,16H,3H2,1-2H3,(H,22,27)(H,28,29). The van der Waals surface area contributed by atoms with E-state index in [1.165, 1.54) is 17.8 Å². The zero-order chi connectivity index (χ0) is 21.3. The highest BCUT2D eigenvalue weighted by atomic mass is 32.2. The molecule has 1 atom stereocenters. The summed E-state index contributed by atoms with van der Waals surface area (Å²) < 4.78 is 1.95. The van der Waals surface area contributed by atoms with Gasteiger partial charge in [-0.25, -0.2) is 9.78 Å². The normalized spacial score (nSPS) is 12.2. The van der Waals surface area contributed by atoms with E-state index in [0.717, 1.165) is 10.9 Å². The summed E-state index contributed by atoms with van der Waals surface area (Å²) in [6, 6.07) is 14.2. The minimum absolute atomic E-state index is 0.0422. The molecule has 8 nitrogen and oxygen atoms in total. The van der Waals surface area contributed by atoms with Crippen LogP contribution < -0.4 is 5.32 Å². The van der Waals surface area contributed by atoms with E-state index >= 15 is 0 Å². The molecule has 4 aromatic rings. The second-order valence-corrected chi connectivity index (χ2v) is 7.87. The Balaban J connectivity index is 1.60. The number of rotatable bonds is 6. The first kappa shape index (κ1) is 19.8. The van der Waals surface area contributed by atoms with E-state index in [2.05, 4.69) is 20.5 Å². The van der Waals surface area contributed by atoms with Crippen molar-refractivity contribution in [1.82, 2.24) is 19.7 Å². The van der Waals surface area contributed by atoms with Crippen LogP contribution in [0.2, 0.25) is 0 Å². The summed E-state index contributed by atoms with van der Waals surface area (Å²) in [5.74, 6) is -1.41. The van der Waals surface area contributed by atoms with Gasteiger partial charge in [-0.15, -0.1) is 10.2 Å². The lowest BCUT2D eigenvalue weighted by molar-refractivity contribution is -0.115. The van der Waals surface area contributed by atoms with Gasteiger partial charge < -0.3 is 15.0 Å². The minimum atomic E-state index is -1.10. The van der Waals surface area contributed by atoms with Gasteiger partial charge in [-0.1, -0.05) is 49.0 Å². The van der Waals surface area contributed by atoms with Gasteiger partial charge in [0.25, 0.3) is 0 Å². The lowest BCUT2D eigenvalue weighted by Crippen LogP contribution is -2.26. The van der Waals surface area contributed by atoms with E-state index in [4.69, 9.17) is 0 Å². The fourth-order valence-corrected chi connectivity index (χ4v) is 4.10. The topological polar surface area (TPSA) is 110 Å². The fraction of sp³-hybridized carbons (Fsp3) is 0.190. The second kappa shape index (κ2) is 8.11. The summed E-state index contributed by atoms with van der Waals surface area (Å²) in [5, 5.41) is 21.4. The van der Waals surface area contributed by atoms with Gasteiger partial charge in [-0.3, -0.25) is 4.79 Å². The van der Waals surface area contributed by atoms with E-state index in [9.17, 15) is 14.7 Å². The molecular formula is C21H19N5O3S. The van der Waals surface area contributed by atoms with Gasteiger partial charge in [0.15, 0.2) is 5.65 Å². The molecule has 0 saturated carbocycles. The number of nitrogens with one attached hydrogen (secondary N) is 1. The van der Waals surface area contributed by atoms with Crippen molar-refractivity contribution in [2.75, 3.05) is 5.32 Å². The van der Waals surface area contributed by atoms with E-state index in [1.54, 1.807) is 18.2 Å². The van der Waals surface area contributed by atoms with E-state index in [1.807, 2.05) is 42.8 Å². The molecular weight excluding hydrogens is 402 g/mol. The first-order valence-electron chi connectivity index (χ1n) is 9.37. The molecule has 152 valence electrons. The maximum Gasteiger partial charge on any atom is 0.337 e. The van der Waals surface area contributed by atoms with Crippen LogP contribution in [0.4, 0.5) is 5.69 Å². The Morgan fingerprint density at radius 1 is 1.13 bits per heavy atom. The number of fused-ring (bicyclic) bond motifs is 3. The number of para-hydroxylation sites is 2. The van der Waals surface area contributed by atoms with Crippen molar-refractivity contribution in [3.05, 3.63) is 54.1 Å². The highest BCUT2D eigenvalue weighted by molar-refractivity contribution is 8.00. The van der Waals surface area contributed by atoms with Crippen LogP contribution in [0, 0.1) is 0 Å². The van der Waals surface area contributed by atoms with Crippen molar-refractivity contribution >= 4 is 51.4 Å². The van der Waals surface area contributed by atoms with Gasteiger partial charge in [0.1, 0.15) is 5.52 Å². The monoisotopic (exact) mass is 421 g/mol. The number of benzene rings is 2. The highest BCUT2D eigenvalue weighted by Gasteiger charge is 2.22. The number of nitrogens with zero attached hydrogens (tertiary/aromatic N) is 4. The number of aryl methyl sites for hydroxylation is 1. The molecule has 2 heterocycles. The van der Waals surface area contributed by atoms with Crippen molar-refractivity contribution < 1.29 is 14.7 Å². The number of carbonyl (C=O) groups is 2. The summed E-state index contributed by atoms with van der Waals surface area (Å²) >= 11 is 1.21. The lowest BCUT2D eigenvalue weighted by atomic mass is 10.1. The number of aromatic nitrogens is 4. The molecule has 0 bridgehead atoms. The molecule has 0 fully saturated rings. The lowest BCUT2D eigenvalue weighted by Gasteiger charge is -2.14. The van der Waals surface area contributed by atoms with Crippen LogP contribution in [0.1, 0.15) is 23.7 Å². The number of aromatic carboxylic acids is 1. The number of hydrogen-bond donors (Lipinski definition) is 2. The van der Waals surface area contributed by atoms with Crippen LogP contribution in [-0.4, -0.2) is 42.0 Å². The maximum atomic E-state index is 12.8. The molecule has 1 amide bonds. The third-order valence-corrected chi connectivity index (χ3v) is 6.03. The molecule has 30 heavy (non-hydrogen) atoms. The maximum absolute atomic E-state index is 12.8. The van der Waals surface area contributed by atoms with Gasteiger partial charge >= 0.3 is 5.97 Å². The van der Waals surface area contributed by atoms with E-state index < -0.39 is 11.2 Å².